The molecule has 1 amide bonds. The van der Waals surface area contributed by atoms with Gasteiger partial charge in [-0.1, -0.05) is 11.8 Å². The fraction of sp³-hybridized carbons (Fsp3) is 0.700. The molecule has 0 saturated heterocycles. The number of tetrazole rings is 1. The molecule has 9 heteroatoms. The van der Waals surface area contributed by atoms with Crippen LogP contribution in [0.1, 0.15) is 12.8 Å². The number of carbonyl (C=O) groups is 1. The first kappa shape index (κ1) is 13.8. The van der Waals surface area contributed by atoms with Crippen molar-refractivity contribution in [2.45, 2.75) is 30.6 Å². The fourth-order valence-corrected chi connectivity index (χ4v) is 2.15. The third kappa shape index (κ3) is 4.84. The molecule has 0 bridgehead atoms. The van der Waals surface area contributed by atoms with Crippen molar-refractivity contribution in [3.8, 4) is 6.07 Å². The van der Waals surface area contributed by atoms with E-state index in [-0.39, 0.29) is 18.2 Å². The quantitative estimate of drug-likeness (QED) is 0.472. The summed E-state index contributed by atoms with van der Waals surface area (Å²) < 4.78 is 1.68. The first-order chi connectivity index (χ1) is 9.29. The van der Waals surface area contributed by atoms with Crippen molar-refractivity contribution in [3.63, 3.8) is 0 Å². The first-order valence-corrected chi connectivity index (χ1v) is 7.04. The fourth-order valence-electron chi connectivity index (χ4n) is 1.42. The zero-order chi connectivity index (χ0) is 13.5. The Hall–Kier alpha value is -1.66. The summed E-state index contributed by atoms with van der Waals surface area (Å²) in [5.74, 6) is 0.00942. The van der Waals surface area contributed by atoms with Gasteiger partial charge >= 0.3 is 0 Å². The molecule has 1 aliphatic carbocycles. The minimum atomic E-state index is -0.197. The molecule has 1 aliphatic rings. The van der Waals surface area contributed by atoms with Crippen molar-refractivity contribution < 1.29 is 4.79 Å². The highest BCUT2D eigenvalue weighted by Crippen LogP contribution is 2.18. The van der Waals surface area contributed by atoms with E-state index in [0.717, 1.165) is 6.54 Å². The third-order valence-corrected chi connectivity index (χ3v) is 3.49. The Morgan fingerprint density at radius 1 is 1.58 bits per heavy atom. The normalized spacial score (nSPS) is 14.1. The van der Waals surface area contributed by atoms with E-state index in [1.54, 1.807) is 4.68 Å². The highest BCUT2D eigenvalue weighted by atomic mass is 32.2. The minimum Gasteiger partial charge on any atom is -0.342 e. The van der Waals surface area contributed by atoms with Crippen molar-refractivity contribution in [3.05, 3.63) is 0 Å². The Labute approximate surface area is 114 Å². The lowest BCUT2D eigenvalue weighted by Gasteiger charge is -2.05. The van der Waals surface area contributed by atoms with E-state index < -0.39 is 0 Å². The van der Waals surface area contributed by atoms with E-state index in [1.165, 1.54) is 24.6 Å². The van der Waals surface area contributed by atoms with E-state index in [2.05, 4.69) is 26.2 Å². The first-order valence-electron chi connectivity index (χ1n) is 6.05. The van der Waals surface area contributed by atoms with Gasteiger partial charge in [-0.15, -0.1) is 5.10 Å². The molecule has 1 fully saturated rings. The SMILES string of the molecule is N#CCNC(=O)CSc1nnnn1CCNC1CC1. The summed E-state index contributed by atoms with van der Waals surface area (Å²) in [6.45, 7) is 1.53. The van der Waals surface area contributed by atoms with Crippen LogP contribution in [0.2, 0.25) is 0 Å². The van der Waals surface area contributed by atoms with Gasteiger partial charge in [0.05, 0.1) is 18.4 Å². The van der Waals surface area contributed by atoms with Crippen LogP contribution in [0.4, 0.5) is 0 Å². The average Bonchev–Trinajstić information content (AvgIpc) is 3.12. The van der Waals surface area contributed by atoms with Crippen molar-refractivity contribution in [1.29, 1.82) is 5.26 Å². The number of aromatic nitrogens is 4. The smallest absolute Gasteiger partial charge is 0.231 e. The van der Waals surface area contributed by atoms with E-state index in [1.807, 2.05) is 6.07 Å². The number of amides is 1. The molecule has 1 aromatic heterocycles. The molecule has 0 atom stereocenters. The number of nitrogens with one attached hydrogen (secondary N) is 2. The summed E-state index contributed by atoms with van der Waals surface area (Å²) in [6, 6.07) is 2.51. The van der Waals surface area contributed by atoms with Crippen LogP contribution in [0.5, 0.6) is 0 Å². The van der Waals surface area contributed by atoms with Gasteiger partial charge in [0.1, 0.15) is 6.54 Å². The van der Waals surface area contributed by atoms with Gasteiger partial charge in [0, 0.05) is 12.6 Å². The molecule has 2 rings (SSSR count). The Morgan fingerprint density at radius 2 is 2.42 bits per heavy atom. The molecule has 1 aromatic rings. The lowest BCUT2D eigenvalue weighted by Crippen LogP contribution is -2.26. The number of nitrogens with zero attached hydrogens (tertiary/aromatic N) is 5. The van der Waals surface area contributed by atoms with Gasteiger partial charge in [0.2, 0.25) is 11.1 Å². The van der Waals surface area contributed by atoms with Gasteiger partial charge in [0.15, 0.2) is 0 Å². The number of hydrogen-bond donors (Lipinski definition) is 2. The summed E-state index contributed by atoms with van der Waals surface area (Å²) in [5.41, 5.74) is 0. The standard InChI is InChI=1S/C10H15N7OS/c11-3-4-13-9(18)7-19-10-14-15-16-17(10)6-5-12-8-1-2-8/h8,12H,1-2,4-7H2,(H,13,18). The predicted octanol–water partition coefficient (Wildman–Crippen LogP) is -0.843. The molecular formula is C10H15N7OS. The topological polar surface area (TPSA) is 109 Å². The van der Waals surface area contributed by atoms with Gasteiger partial charge in [-0.3, -0.25) is 4.79 Å². The van der Waals surface area contributed by atoms with Crippen LogP contribution >= 0.6 is 11.8 Å². The van der Waals surface area contributed by atoms with E-state index in [9.17, 15) is 4.79 Å². The van der Waals surface area contributed by atoms with Gasteiger partial charge in [-0.05, 0) is 23.3 Å². The summed E-state index contributed by atoms with van der Waals surface area (Å²) in [5, 5.41) is 26.2. The number of nitriles is 1. The van der Waals surface area contributed by atoms with Gasteiger partial charge in [-0.25, -0.2) is 4.68 Å². The molecule has 0 radical (unpaired) electrons. The van der Waals surface area contributed by atoms with Gasteiger partial charge in [0.25, 0.3) is 0 Å². The lowest BCUT2D eigenvalue weighted by atomic mass is 10.6. The van der Waals surface area contributed by atoms with Crippen LogP contribution in [0.25, 0.3) is 0 Å². The Bertz CT molecular complexity index is 465. The van der Waals surface area contributed by atoms with Crippen LogP contribution in [0.15, 0.2) is 5.16 Å². The molecule has 0 aliphatic heterocycles. The number of hydrogen-bond acceptors (Lipinski definition) is 7. The zero-order valence-electron chi connectivity index (χ0n) is 10.4. The highest BCUT2D eigenvalue weighted by molar-refractivity contribution is 7.99. The van der Waals surface area contributed by atoms with Crippen LogP contribution < -0.4 is 10.6 Å². The lowest BCUT2D eigenvalue weighted by molar-refractivity contribution is -0.118. The van der Waals surface area contributed by atoms with Crippen molar-refractivity contribution in [1.82, 2.24) is 30.8 Å². The van der Waals surface area contributed by atoms with Crippen molar-refractivity contribution in [2.75, 3.05) is 18.8 Å². The summed E-state index contributed by atoms with van der Waals surface area (Å²) in [4.78, 5) is 11.3. The molecule has 1 heterocycles. The molecule has 0 spiro atoms. The van der Waals surface area contributed by atoms with Crippen LogP contribution in [-0.4, -0.2) is 51.0 Å². The molecular weight excluding hydrogens is 266 g/mol. The number of rotatable bonds is 8. The Kier molecular flexibility index (Phi) is 5.11. The van der Waals surface area contributed by atoms with Crippen LogP contribution in [0.3, 0.4) is 0 Å². The third-order valence-electron chi connectivity index (χ3n) is 2.53. The van der Waals surface area contributed by atoms with Crippen LogP contribution in [-0.2, 0) is 11.3 Å². The molecule has 8 nitrogen and oxygen atoms in total. The Morgan fingerprint density at radius 3 is 3.16 bits per heavy atom. The second-order valence-corrected chi connectivity index (χ2v) is 5.08. The van der Waals surface area contributed by atoms with Crippen LogP contribution in [0, 0.1) is 11.3 Å². The van der Waals surface area contributed by atoms with Crippen molar-refractivity contribution >= 4 is 17.7 Å². The maximum atomic E-state index is 11.3. The van der Waals surface area contributed by atoms with Crippen molar-refractivity contribution in [2.24, 2.45) is 0 Å². The Balaban J connectivity index is 1.71. The molecule has 102 valence electrons. The van der Waals surface area contributed by atoms with Gasteiger partial charge in [-0.2, -0.15) is 5.26 Å². The van der Waals surface area contributed by atoms with E-state index >= 15 is 0 Å². The molecule has 19 heavy (non-hydrogen) atoms. The molecule has 0 unspecified atom stereocenters. The van der Waals surface area contributed by atoms with Gasteiger partial charge < -0.3 is 10.6 Å². The van der Waals surface area contributed by atoms with E-state index in [0.29, 0.717) is 17.7 Å². The van der Waals surface area contributed by atoms with E-state index in [4.69, 9.17) is 5.26 Å². The molecule has 2 N–H and O–H groups in total. The second-order valence-electron chi connectivity index (χ2n) is 4.14. The summed E-state index contributed by atoms with van der Waals surface area (Å²) in [6.07, 6.45) is 2.49. The highest BCUT2D eigenvalue weighted by Gasteiger charge is 2.20. The monoisotopic (exact) mass is 281 g/mol. The average molecular weight is 281 g/mol. The minimum absolute atomic E-state index is 0.0235. The maximum absolute atomic E-state index is 11.3. The number of carbonyl (C=O) groups excluding carboxylic acids is 1. The zero-order valence-corrected chi connectivity index (χ0v) is 11.2. The second kappa shape index (κ2) is 7.06. The molecule has 1 saturated carbocycles. The number of thioether (sulfide) groups is 1. The molecule has 0 aromatic carbocycles. The summed E-state index contributed by atoms with van der Waals surface area (Å²) in [7, 11) is 0. The summed E-state index contributed by atoms with van der Waals surface area (Å²) >= 11 is 1.26. The largest absolute Gasteiger partial charge is 0.342 e. The predicted molar refractivity (Wildman–Crippen MR) is 68.2 cm³/mol. The maximum Gasteiger partial charge on any atom is 0.231 e.